The van der Waals surface area contributed by atoms with E-state index in [1.54, 1.807) is 6.07 Å². The number of hydrogen-bond donors (Lipinski definition) is 1. The van der Waals surface area contributed by atoms with Crippen LogP contribution in [0.3, 0.4) is 0 Å². The Morgan fingerprint density at radius 3 is 2.29 bits per heavy atom. The number of amides is 1. The first-order valence-electron chi connectivity index (χ1n) is 8.72. The van der Waals surface area contributed by atoms with Crippen molar-refractivity contribution < 1.29 is 29.0 Å². The van der Waals surface area contributed by atoms with Crippen LogP contribution >= 0.6 is 33.4 Å². The van der Waals surface area contributed by atoms with E-state index in [4.69, 9.17) is 33.7 Å². The molecule has 1 aliphatic rings. The average molecular weight is 505 g/mol. The van der Waals surface area contributed by atoms with Gasteiger partial charge in [0.1, 0.15) is 16.7 Å². The summed E-state index contributed by atoms with van der Waals surface area (Å²) < 4.78 is 72.5. The highest BCUT2D eigenvalue weighted by molar-refractivity contribution is 8.45. The second-order valence-corrected chi connectivity index (χ2v) is 10.4. The number of rotatable bonds is 7. The molecule has 1 amide bonds. The largest absolute Gasteiger partial charge is 0.477 e. The molecule has 6 nitrogen and oxygen atoms in total. The number of nitrogens with two attached hydrogens (primary N) is 1. The second kappa shape index (κ2) is 6.88. The van der Waals surface area contributed by atoms with Crippen molar-refractivity contribution in [2.45, 2.75) is 30.6 Å². The zero-order chi connectivity index (χ0) is 23.4. The molecule has 0 aliphatic heterocycles. The normalized spacial score (nSPS) is 17.4. The van der Waals surface area contributed by atoms with Gasteiger partial charge in [0, 0.05) is 0 Å². The van der Waals surface area contributed by atoms with E-state index in [0.717, 1.165) is 17.5 Å². The SMILES string of the molecule is CC(C(N)=O)c1c(C#N)nn(-c2c(Cl)cc(S(F)(F)(F)(F)F)cc2Cl)c1OCC1CC1. The number of nitrogens with zero attached hydrogens (tertiary/aromatic N) is 3. The Balaban J connectivity index is 2.25. The molecular weight excluding hydrogens is 490 g/mol. The van der Waals surface area contributed by atoms with Gasteiger partial charge < -0.3 is 10.5 Å². The smallest absolute Gasteiger partial charge is 0.310 e. The summed E-state index contributed by atoms with van der Waals surface area (Å²) in [5.41, 5.74) is 4.60. The van der Waals surface area contributed by atoms with Gasteiger partial charge in [-0.3, -0.25) is 4.79 Å². The Morgan fingerprint density at radius 1 is 1.32 bits per heavy atom. The molecule has 0 radical (unpaired) electrons. The summed E-state index contributed by atoms with van der Waals surface area (Å²) in [6, 6.07) is 1.81. The first-order valence-corrected chi connectivity index (χ1v) is 11.4. The van der Waals surface area contributed by atoms with Crippen LogP contribution in [0.2, 0.25) is 10.0 Å². The zero-order valence-corrected chi connectivity index (χ0v) is 18.0. The fraction of sp³-hybridized carbons (Fsp3) is 0.353. The maximum absolute atomic E-state index is 13.2. The molecule has 14 heteroatoms. The summed E-state index contributed by atoms with van der Waals surface area (Å²) in [5.74, 6) is -1.86. The molecule has 1 atom stereocenters. The summed E-state index contributed by atoms with van der Waals surface area (Å²) >= 11 is 11.8. The molecule has 1 fully saturated rings. The summed E-state index contributed by atoms with van der Waals surface area (Å²) in [6.45, 7) is 1.54. The van der Waals surface area contributed by atoms with E-state index in [1.807, 2.05) is 0 Å². The van der Waals surface area contributed by atoms with Gasteiger partial charge in [-0.25, -0.2) is 0 Å². The lowest BCUT2D eigenvalue weighted by Crippen LogP contribution is -2.20. The van der Waals surface area contributed by atoms with E-state index < -0.39 is 42.7 Å². The van der Waals surface area contributed by atoms with Crippen molar-refractivity contribution in [2.24, 2.45) is 11.7 Å². The number of ether oxygens (including phenoxy) is 1. The van der Waals surface area contributed by atoms with Gasteiger partial charge in [-0.1, -0.05) is 42.6 Å². The van der Waals surface area contributed by atoms with Crippen LogP contribution in [0.5, 0.6) is 5.88 Å². The fourth-order valence-electron chi connectivity index (χ4n) is 2.77. The predicted octanol–water partition coefficient (Wildman–Crippen LogP) is 6.09. The van der Waals surface area contributed by atoms with Gasteiger partial charge in [0.25, 0.3) is 0 Å². The van der Waals surface area contributed by atoms with Crippen LogP contribution in [0.1, 0.15) is 36.9 Å². The van der Waals surface area contributed by atoms with E-state index in [2.05, 4.69) is 5.10 Å². The Hall–Kier alpha value is -2.23. The summed E-state index contributed by atoms with van der Waals surface area (Å²) in [5, 5.41) is 11.8. The molecule has 170 valence electrons. The van der Waals surface area contributed by atoms with Crippen molar-refractivity contribution in [3.8, 4) is 17.6 Å². The van der Waals surface area contributed by atoms with E-state index >= 15 is 0 Å². The van der Waals surface area contributed by atoms with Gasteiger partial charge in [-0.2, -0.15) is 15.0 Å². The Bertz CT molecular complexity index is 1100. The molecular formula is C17H15Cl2F5N4O2S. The van der Waals surface area contributed by atoms with Gasteiger partial charge in [-0.15, -0.1) is 0 Å². The third-order valence-electron chi connectivity index (χ3n) is 4.64. The minimum absolute atomic E-state index is 0.0143. The van der Waals surface area contributed by atoms with Crippen LogP contribution in [-0.2, 0) is 4.79 Å². The monoisotopic (exact) mass is 504 g/mol. The van der Waals surface area contributed by atoms with E-state index in [0.29, 0.717) is 0 Å². The number of benzene rings is 1. The maximum atomic E-state index is 13.2. The lowest BCUT2D eigenvalue weighted by molar-refractivity contribution is -0.119. The number of carbonyl (C=O) groups excluding carboxylic acids is 1. The molecule has 1 aliphatic carbocycles. The van der Waals surface area contributed by atoms with Gasteiger partial charge in [0.2, 0.25) is 11.8 Å². The quantitative estimate of drug-likeness (QED) is 0.461. The van der Waals surface area contributed by atoms with Gasteiger partial charge in [0.05, 0.1) is 28.1 Å². The second-order valence-electron chi connectivity index (χ2n) is 7.17. The highest BCUT2D eigenvalue weighted by Gasteiger charge is 2.65. The standard InChI is InChI=1S/C17H15Cl2F5N4O2S/c1-8(16(26)29)14-13(6-25)27-28(17(14)30-7-9-2-3-9)15-11(18)4-10(5-12(15)19)31(20,21,22,23)24/h4-5,8-9H,2-3,7H2,1H3,(H2,26,29). The highest BCUT2D eigenvalue weighted by Crippen LogP contribution is 3.02. The van der Waals surface area contributed by atoms with Gasteiger partial charge >= 0.3 is 10.2 Å². The van der Waals surface area contributed by atoms with Crippen molar-refractivity contribution in [2.75, 3.05) is 6.61 Å². The fourth-order valence-corrected chi connectivity index (χ4v) is 4.23. The number of carbonyl (C=O) groups is 1. The number of nitriles is 1. The predicted molar refractivity (Wildman–Crippen MR) is 106 cm³/mol. The van der Waals surface area contributed by atoms with Crippen molar-refractivity contribution >= 4 is 39.3 Å². The molecule has 1 saturated carbocycles. The number of halogens is 7. The van der Waals surface area contributed by atoms with Crippen molar-refractivity contribution in [1.29, 1.82) is 5.26 Å². The van der Waals surface area contributed by atoms with Crippen molar-refractivity contribution in [3.63, 3.8) is 0 Å². The average Bonchev–Trinajstić information content (AvgIpc) is 3.37. The topological polar surface area (TPSA) is 93.9 Å². The minimum atomic E-state index is -10.1. The first-order chi connectivity index (χ1) is 14.0. The van der Waals surface area contributed by atoms with Crippen molar-refractivity contribution in [1.82, 2.24) is 9.78 Å². The van der Waals surface area contributed by atoms with E-state index in [-0.39, 0.29) is 41.8 Å². The molecule has 0 bridgehead atoms. The number of hydrogen-bond acceptors (Lipinski definition) is 4. The Morgan fingerprint density at radius 2 is 1.87 bits per heavy atom. The molecule has 1 aromatic heterocycles. The third kappa shape index (κ3) is 4.83. The Labute approximate surface area is 183 Å². The van der Waals surface area contributed by atoms with Crippen LogP contribution in [-0.4, -0.2) is 22.3 Å². The number of aromatic nitrogens is 2. The molecule has 31 heavy (non-hydrogen) atoms. The molecule has 1 heterocycles. The van der Waals surface area contributed by atoms with Gasteiger partial charge in [-0.05, 0) is 37.8 Å². The Kier molecular flexibility index (Phi) is 5.20. The lowest BCUT2D eigenvalue weighted by atomic mass is 10.0. The first kappa shape index (κ1) is 23.4. The van der Waals surface area contributed by atoms with Crippen LogP contribution in [0, 0.1) is 17.2 Å². The molecule has 1 aromatic carbocycles. The molecule has 2 N–H and O–H groups in total. The molecule has 1 unspecified atom stereocenters. The van der Waals surface area contributed by atoms with Crippen LogP contribution in [0.4, 0.5) is 19.4 Å². The van der Waals surface area contributed by atoms with E-state index in [9.17, 15) is 29.5 Å². The summed E-state index contributed by atoms with van der Waals surface area (Å²) in [4.78, 5) is 9.46. The molecule has 0 spiro atoms. The van der Waals surface area contributed by atoms with E-state index in [1.165, 1.54) is 6.92 Å². The molecule has 2 aromatic rings. The summed E-state index contributed by atoms with van der Waals surface area (Å²) in [6.07, 6.45) is 1.75. The summed E-state index contributed by atoms with van der Waals surface area (Å²) in [7, 11) is -10.1. The number of primary amides is 1. The van der Waals surface area contributed by atoms with Crippen LogP contribution in [0.25, 0.3) is 5.69 Å². The molecule has 0 saturated heterocycles. The molecule has 3 rings (SSSR count). The minimum Gasteiger partial charge on any atom is -0.477 e. The zero-order valence-electron chi connectivity index (χ0n) is 15.7. The maximum Gasteiger partial charge on any atom is 0.310 e. The lowest BCUT2D eigenvalue weighted by Gasteiger charge is -2.40. The highest BCUT2D eigenvalue weighted by atomic mass is 35.5. The van der Waals surface area contributed by atoms with Crippen LogP contribution in [0.15, 0.2) is 17.0 Å². The third-order valence-corrected chi connectivity index (χ3v) is 6.35. The van der Waals surface area contributed by atoms with Crippen molar-refractivity contribution in [3.05, 3.63) is 33.4 Å². The van der Waals surface area contributed by atoms with Crippen LogP contribution < -0.4 is 10.5 Å². The van der Waals surface area contributed by atoms with Gasteiger partial charge in [0.15, 0.2) is 5.69 Å².